The van der Waals surface area contributed by atoms with E-state index >= 15 is 0 Å². The first-order valence-electron chi connectivity index (χ1n) is 5.04. The molecule has 0 spiro atoms. The second-order valence-electron chi connectivity index (χ2n) is 3.35. The SMILES string of the molecule is O=C(/C=C\c1cccnc1)c1ccccc1. The van der Waals surface area contributed by atoms with Gasteiger partial charge < -0.3 is 0 Å². The fraction of sp³-hybridized carbons (Fsp3) is 0. The van der Waals surface area contributed by atoms with Crippen molar-refractivity contribution >= 4 is 11.9 Å². The molecule has 0 aliphatic heterocycles. The molecule has 0 aliphatic carbocycles. The van der Waals surface area contributed by atoms with Crippen LogP contribution in [-0.2, 0) is 0 Å². The van der Waals surface area contributed by atoms with Crippen LogP contribution in [0.15, 0.2) is 60.9 Å². The molecule has 0 N–H and O–H groups in total. The summed E-state index contributed by atoms with van der Waals surface area (Å²) >= 11 is 0. The maximum Gasteiger partial charge on any atom is 0.185 e. The van der Waals surface area contributed by atoms with Gasteiger partial charge in [-0.3, -0.25) is 9.78 Å². The Morgan fingerprint density at radius 3 is 2.56 bits per heavy atom. The molecule has 2 heteroatoms. The van der Waals surface area contributed by atoms with Crippen molar-refractivity contribution < 1.29 is 4.79 Å². The lowest BCUT2D eigenvalue weighted by atomic mass is 10.1. The molecule has 0 atom stereocenters. The van der Waals surface area contributed by atoms with Gasteiger partial charge in [0.25, 0.3) is 0 Å². The van der Waals surface area contributed by atoms with Crippen molar-refractivity contribution in [2.45, 2.75) is 0 Å². The lowest BCUT2D eigenvalue weighted by molar-refractivity contribution is 0.104. The van der Waals surface area contributed by atoms with Crippen molar-refractivity contribution in [3.8, 4) is 0 Å². The minimum Gasteiger partial charge on any atom is -0.289 e. The van der Waals surface area contributed by atoms with E-state index in [4.69, 9.17) is 0 Å². The van der Waals surface area contributed by atoms with E-state index < -0.39 is 0 Å². The second-order valence-corrected chi connectivity index (χ2v) is 3.35. The number of benzene rings is 1. The van der Waals surface area contributed by atoms with E-state index in [0.717, 1.165) is 5.56 Å². The smallest absolute Gasteiger partial charge is 0.185 e. The van der Waals surface area contributed by atoms with Crippen molar-refractivity contribution in [1.29, 1.82) is 0 Å². The number of hydrogen-bond acceptors (Lipinski definition) is 2. The van der Waals surface area contributed by atoms with Crippen LogP contribution in [0, 0.1) is 0 Å². The first kappa shape index (κ1) is 10.3. The van der Waals surface area contributed by atoms with Gasteiger partial charge in [-0.15, -0.1) is 0 Å². The average Bonchev–Trinajstić information content (AvgIpc) is 2.38. The number of carbonyl (C=O) groups excluding carboxylic acids is 1. The number of hydrogen-bond donors (Lipinski definition) is 0. The van der Waals surface area contributed by atoms with E-state index in [1.54, 1.807) is 36.7 Å². The van der Waals surface area contributed by atoms with E-state index in [-0.39, 0.29) is 5.78 Å². The molecule has 0 unspecified atom stereocenters. The van der Waals surface area contributed by atoms with E-state index in [9.17, 15) is 4.79 Å². The fourth-order valence-electron chi connectivity index (χ4n) is 1.35. The summed E-state index contributed by atoms with van der Waals surface area (Å²) in [6, 6.07) is 12.9. The van der Waals surface area contributed by atoms with Crippen LogP contribution in [0.2, 0.25) is 0 Å². The molecular formula is C14H11NO. The third kappa shape index (κ3) is 2.64. The molecule has 0 saturated carbocycles. The summed E-state index contributed by atoms with van der Waals surface area (Å²) in [7, 11) is 0. The Balaban J connectivity index is 2.12. The summed E-state index contributed by atoms with van der Waals surface area (Å²) in [4.78, 5) is 15.7. The summed E-state index contributed by atoms with van der Waals surface area (Å²) < 4.78 is 0. The lowest BCUT2D eigenvalue weighted by Gasteiger charge is -1.94. The molecule has 0 amide bonds. The molecule has 0 bridgehead atoms. The van der Waals surface area contributed by atoms with Gasteiger partial charge in [0.15, 0.2) is 5.78 Å². The van der Waals surface area contributed by atoms with Crippen LogP contribution in [-0.4, -0.2) is 10.8 Å². The molecule has 0 fully saturated rings. The Hall–Kier alpha value is -2.22. The zero-order valence-electron chi connectivity index (χ0n) is 8.71. The summed E-state index contributed by atoms with van der Waals surface area (Å²) in [5.74, 6) is 0.00412. The highest BCUT2D eigenvalue weighted by molar-refractivity contribution is 6.06. The van der Waals surface area contributed by atoms with Crippen molar-refractivity contribution in [1.82, 2.24) is 4.98 Å². The molecule has 16 heavy (non-hydrogen) atoms. The Labute approximate surface area is 94.3 Å². The minimum atomic E-state index is 0.00412. The molecule has 78 valence electrons. The van der Waals surface area contributed by atoms with Crippen LogP contribution < -0.4 is 0 Å². The van der Waals surface area contributed by atoms with Crippen LogP contribution >= 0.6 is 0 Å². The zero-order chi connectivity index (χ0) is 11.2. The number of carbonyl (C=O) groups is 1. The van der Waals surface area contributed by atoms with Crippen LogP contribution in [0.25, 0.3) is 6.08 Å². The molecule has 1 heterocycles. The molecule has 1 aromatic heterocycles. The van der Waals surface area contributed by atoms with Gasteiger partial charge in [-0.05, 0) is 23.8 Å². The summed E-state index contributed by atoms with van der Waals surface area (Å²) in [6.45, 7) is 0. The highest BCUT2D eigenvalue weighted by atomic mass is 16.1. The number of pyridine rings is 1. The van der Waals surface area contributed by atoms with E-state index in [1.165, 1.54) is 0 Å². The van der Waals surface area contributed by atoms with Gasteiger partial charge in [0, 0.05) is 18.0 Å². The van der Waals surface area contributed by atoms with Gasteiger partial charge in [0.05, 0.1) is 0 Å². The number of allylic oxidation sites excluding steroid dienone is 1. The van der Waals surface area contributed by atoms with Gasteiger partial charge in [-0.25, -0.2) is 0 Å². The standard InChI is InChI=1S/C14H11NO/c16-14(13-6-2-1-3-7-13)9-8-12-5-4-10-15-11-12/h1-11H/b9-8-. The highest BCUT2D eigenvalue weighted by Gasteiger charge is 1.98. The van der Waals surface area contributed by atoms with Crippen molar-refractivity contribution in [3.05, 3.63) is 72.1 Å². The van der Waals surface area contributed by atoms with E-state index in [1.807, 2.05) is 30.3 Å². The maximum absolute atomic E-state index is 11.7. The summed E-state index contributed by atoms with van der Waals surface area (Å²) in [5, 5.41) is 0. The number of ketones is 1. The van der Waals surface area contributed by atoms with Gasteiger partial charge >= 0.3 is 0 Å². The lowest BCUT2D eigenvalue weighted by Crippen LogP contribution is -1.92. The molecule has 1 aromatic carbocycles. The average molecular weight is 209 g/mol. The van der Waals surface area contributed by atoms with Crippen molar-refractivity contribution in [2.24, 2.45) is 0 Å². The molecule has 2 rings (SSSR count). The Kier molecular flexibility index (Phi) is 3.24. The highest BCUT2D eigenvalue weighted by Crippen LogP contribution is 2.04. The molecular weight excluding hydrogens is 198 g/mol. The quantitative estimate of drug-likeness (QED) is 0.574. The Bertz CT molecular complexity index is 489. The summed E-state index contributed by atoms with van der Waals surface area (Å²) in [5.41, 5.74) is 1.62. The molecule has 2 nitrogen and oxygen atoms in total. The Morgan fingerprint density at radius 1 is 1.06 bits per heavy atom. The zero-order valence-corrected chi connectivity index (χ0v) is 8.71. The largest absolute Gasteiger partial charge is 0.289 e. The van der Waals surface area contributed by atoms with E-state index in [0.29, 0.717) is 5.56 Å². The molecule has 0 aliphatic rings. The number of aromatic nitrogens is 1. The van der Waals surface area contributed by atoms with Crippen molar-refractivity contribution in [2.75, 3.05) is 0 Å². The van der Waals surface area contributed by atoms with Crippen LogP contribution in [0.4, 0.5) is 0 Å². The second kappa shape index (κ2) is 5.03. The molecule has 2 aromatic rings. The normalized spacial score (nSPS) is 10.5. The predicted molar refractivity (Wildman–Crippen MR) is 64.0 cm³/mol. The van der Waals surface area contributed by atoms with Gasteiger partial charge in [-0.2, -0.15) is 0 Å². The first-order chi connectivity index (χ1) is 7.86. The number of rotatable bonds is 3. The van der Waals surface area contributed by atoms with Gasteiger partial charge in [0.1, 0.15) is 0 Å². The number of nitrogens with zero attached hydrogens (tertiary/aromatic N) is 1. The first-order valence-corrected chi connectivity index (χ1v) is 5.04. The van der Waals surface area contributed by atoms with Crippen molar-refractivity contribution in [3.63, 3.8) is 0 Å². The fourth-order valence-corrected chi connectivity index (χ4v) is 1.35. The van der Waals surface area contributed by atoms with Gasteiger partial charge in [-0.1, -0.05) is 36.4 Å². The third-order valence-corrected chi connectivity index (χ3v) is 2.17. The topological polar surface area (TPSA) is 30.0 Å². The maximum atomic E-state index is 11.7. The minimum absolute atomic E-state index is 0.00412. The van der Waals surface area contributed by atoms with Crippen LogP contribution in [0.3, 0.4) is 0 Å². The Morgan fingerprint density at radius 2 is 1.88 bits per heavy atom. The van der Waals surface area contributed by atoms with Crippen LogP contribution in [0.5, 0.6) is 0 Å². The third-order valence-electron chi connectivity index (χ3n) is 2.17. The van der Waals surface area contributed by atoms with E-state index in [2.05, 4.69) is 4.98 Å². The summed E-state index contributed by atoms with van der Waals surface area (Å²) in [6.07, 6.45) is 6.75. The molecule has 0 radical (unpaired) electrons. The predicted octanol–water partition coefficient (Wildman–Crippen LogP) is 2.98. The van der Waals surface area contributed by atoms with Crippen LogP contribution in [0.1, 0.15) is 15.9 Å². The monoisotopic (exact) mass is 209 g/mol. The molecule has 0 saturated heterocycles. The van der Waals surface area contributed by atoms with Gasteiger partial charge in [0.2, 0.25) is 0 Å².